The van der Waals surface area contributed by atoms with E-state index in [1.54, 1.807) is 12.1 Å². The highest BCUT2D eigenvalue weighted by Crippen LogP contribution is 2.30. The first kappa shape index (κ1) is 19.9. The third-order valence-corrected chi connectivity index (χ3v) is 4.71. The number of H-pyrrole nitrogens is 1. The van der Waals surface area contributed by atoms with Crippen molar-refractivity contribution in [1.82, 2.24) is 20.3 Å². The summed E-state index contributed by atoms with van der Waals surface area (Å²) in [6.07, 6.45) is -3.16. The van der Waals surface area contributed by atoms with Gasteiger partial charge in [0.1, 0.15) is 5.15 Å². The molecule has 1 unspecified atom stereocenters. The molecule has 0 bridgehead atoms. The molecule has 1 atom stereocenters. The van der Waals surface area contributed by atoms with Crippen molar-refractivity contribution < 1.29 is 18.0 Å². The van der Waals surface area contributed by atoms with Crippen LogP contribution in [0.15, 0.2) is 66.9 Å². The molecule has 0 saturated heterocycles. The smallest absolute Gasteiger partial charge is 0.341 e. The van der Waals surface area contributed by atoms with E-state index < -0.39 is 23.9 Å². The summed E-state index contributed by atoms with van der Waals surface area (Å²) in [6, 6.07) is 16.1. The molecule has 0 spiro atoms. The number of benzene rings is 2. The van der Waals surface area contributed by atoms with Gasteiger partial charge in [-0.15, -0.1) is 0 Å². The van der Waals surface area contributed by atoms with Gasteiger partial charge in [0.2, 0.25) is 5.82 Å². The van der Waals surface area contributed by atoms with Crippen LogP contribution in [0.5, 0.6) is 0 Å². The highest BCUT2D eigenvalue weighted by atomic mass is 35.5. The van der Waals surface area contributed by atoms with Crippen molar-refractivity contribution >= 4 is 28.5 Å². The van der Waals surface area contributed by atoms with Gasteiger partial charge in [-0.3, -0.25) is 4.79 Å². The number of nitrogens with zero attached hydrogens (tertiary/aromatic N) is 2. The highest BCUT2D eigenvalue weighted by molar-refractivity contribution is 6.29. The molecule has 4 aromatic rings. The van der Waals surface area contributed by atoms with Gasteiger partial charge in [-0.1, -0.05) is 48.0 Å². The van der Waals surface area contributed by atoms with Crippen molar-refractivity contribution in [3.63, 3.8) is 0 Å². The molecular weight excluding hydrogens is 417 g/mol. The number of nitrogens with one attached hydrogen (secondary N) is 2. The fraction of sp³-hybridized carbons (Fsp3) is 0.0952. The van der Waals surface area contributed by atoms with Crippen molar-refractivity contribution in [2.75, 3.05) is 0 Å². The summed E-state index contributed by atoms with van der Waals surface area (Å²) in [6.45, 7) is 0. The number of imidazole rings is 1. The number of rotatable bonds is 4. The average Bonchev–Trinajstić information content (AvgIpc) is 3.16. The van der Waals surface area contributed by atoms with Crippen molar-refractivity contribution in [1.29, 1.82) is 0 Å². The second-order valence-corrected chi connectivity index (χ2v) is 6.93. The molecule has 0 saturated carbocycles. The van der Waals surface area contributed by atoms with Crippen LogP contribution < -0.4 is 5.32 Å². The van der Waals surface area contributed by atoms with Crippen molar-refractivity contribution in [3.8, 4) is 0 Å². The number of amides is 1. The summed E-state index contributed by atoms with van der Waals surface area (Å²) >= 11 is 5.87. The maximum Gasteiger partial charge on any atom is 0.449 e. The molecule has 9 heteroatoms. The summed E-state index contributed by atoms with van der Waals surface area (Å²) in [5, 5.41) is 3.09. The zero-order chi connectivity index (χ0) is 21.3. The van der Waals surface area contributed by atoms with Gasteiger partial charge in [0, 0.05) is 11.8 Å². The molecule has 2 N–H and O–H groups in total. The maximum absolute atomic E-state index is 13.0. The van der Waals surface area contributed by atoms with Crippen LogP contribution in [0.3, 0.4) is 0 Å². The Balaban J connectivity index is 1.73. The van der Waals surface area contributed by atoms with Crippen LogP contribution in [-0.2, 0) is 6.18 Å². The molecule has 1 amide bonds. The van der Waals surface area contributed by atoms with E-state index in [1.807, 2.05) is 30.3 Å². The second-order valence-electron chi connectivity index (χ2n) is 6.54. The summed E-state index contributed by atoms with van der Waals surface area (Å²) in [5.74, 6) is -1.46. The minimum Gasteiger partial charge on any atom is -0.341 e. The number of hydrogen-bond acceptors (Lipinski definition) is 3. The number of pyridine rings is 1. The lowest BCUT2D eigenvalue weighted by atomic mass is 9.98. The zero-order valence-corrected chi connectivity index (χ0v) is 16.0. The zero-order valence-electron chi connectivity index (χ0n) is 15.2. The molecule has 2 heterocycles. The molecule has 2 aromatic heterocycles. The van der Waals surface area contributed by atoms with Crippen LogP contribution in [0.25, 0.3) is 11.0 Å². The minimum absolute atomic E-state index is 0.178. The Labute approximate surface area is 173 Å². The van der Waals surface area contributed by atoms with Crippen LogP contribution in [-0.4, -0.2) is 20.9 Å². The Morgan fingerprint density at radius 3 is 2.50 bits per heavy atom. The standard InChI is InChI=1S/C21H14ClF3N4O/c22-17-11-14(8-9-26-17)19(30)29-18(12-4-2-1-3-5-12)13-6-7-15-16(10-13)28-20(27-15)21(23,24)25/h1-11,18H,(H,27,28)(H,29,30). The van der Waals surface area contributed by atoms with Crippen molar-refractivity contribution in [2.45, 2.75) is 12.2 Å². The van der Waals surface area contributed by atoms with E-state index in [0.29, 0.717) is 11.1 Å². The number of alkyl halides is 3. The topological polar surface area (TPSA) is 70.7 Å². The van der Waals surface area contributed by atoms with Crippen LogP contribution in [0, 0.1) is 0 Å². The van der Waals surface area contributed by atoms with Crippen molar-refractivity contribution in [3.05, 3.63) is 94.5 Å². The van der Waals surface area contributed by atoms with Gasteiger partial charge in [0.05, 0.1) is 17.1 Å². The van der Waals surface area contributed by atoms with E-state index in [9.17, 15) is 18.0 Å². The third kappa shape index (κ3) is 4.13. The lowest BCUT2D eigenvalue weighted by Crippen LogP contribution is -2.29. The summed E-state index contributed by atoms with van der Waals surface area (Å²) in [5.41, 5.74) is 2.09. The number of carbonyl (C=O) groups excluding carboxylic acids is 1. The van der Waals surface area contributed by atoms with E-state index in [1.165, 1.54) is 24.4 Å². The molecule has 0 aliphatic rings. The van der Waals surface area contributed by atoms with Crippen LogP contribution in [0.4, 0.5) is 13.2 Å². The predicted molar refractivity (Wildman–Crippen MR) is 106 cm³/mol. The molecule has 5 nitrogen and oxygen atoms in total. The Morgan fingerprint density at radius 2 is 1.80 bits per heavy atom. The molecule has 30 heavy (non-hydrogen) atoms. The normalized spacial score (nSPS) is 12.7. The number of aromatic amines is 1. The first-order valence-electron chi connectivity index (χ1n) is 8.85. The van der Waals surface area contributed by atoms with Gasteiger partial charge < -0.3 is 10.3 Å². The largest absolute Gasteiger partial charge is 0.449 e. The van der Waals surface area contributed by atoms with Gasteiger partial charge in [-0.05, 0) is 35.4 Å². The van der Waals surface area contributed by atoms with E-state index in [2.05, 4.69) is 20.3 Å². The van der Waals surface area contributed by atoms with E-state index in [0.717, 1.165) is 5.56 Å². The van der Waals surface area contributed by atoms with Crippen LogP contribution in [0.1, 0.15) is 33.4 Å². The fourth-order valence-electron chi connectivity index (χ4n) is 3.10. The minimum atomic E-state index is -4.58. The number of carbonyl (C=O) groups is 1. The average molecular weight is 431 g/mol. The second kappa shape index (κ2) is 7.79. The number of hydrogen-bond donors (Lipinski definition) is 2. The van der Waals surface area contributed by atoms with Crippen molar-refractivity contribution in [2.24, 2.45) is 0 Å². The van der Waals surface area contributed by atoms with Gasteiger partial charge in [0.25, 0.3) is 5.91 Å². The van der Waals surface area contributed by atoms with E-state index in [4.69, 9.17) is 11.6 Å². The number of halogens is 4. The third-order valence-electron chi connectivity index (χ3n) is 4.50. The lowest BCUT2D eigenvalue weighted by Gasteiger charge is -2.20. The SMILES string of the molecule is O=C(NC(c1ccccc1)c1ccc2nc(C(F)(F)F)[nH]c2c1)c1ccnc(Cl)c1. The molecule has 0 aliphatic carbocycles. The molecular formula is C21H14ClF3N4O. The summed E-state index contributed by atoms with van der Waals surface area (Å²) in [4.78, 5) is 22.5. The highest BCUT2D eigenvalue weighted by Gasteiger charge is 2.34. The fourth-order valence-corrected chi connectivity index (χ4v) is 3.28. The van der Waals surface area contributed by atoms with Crippen LogP contribution >= 0.6 is 11.6 Å². The molecule has 152 valence electrons. The first-order chi connectivity index (χ1) is 14.3. The quantitative estimate of drug-likeness (QED) is 0.440. The Kier molecular flexibility index (Phi) is 5.17. The van der Waals surface area contributed by atoms with Gasteiger partial charge in [-0.25, -0.2) is 9.97 Å². The Morgan fingerprint density at radius 1 is 1.03 bits per heavy atom. The molecule has 4 rings (SSSR count). The number of aromatic nitrogens is 3. The van der Waals surface area contributed by atoms with E-state index >= 15 is 0 Å². The van der Waals surface area contributed by atoms with Gasteiger partial charge >= 0.3 is 6.18 Å². The van der Waals surface area contributed by atoms with Gasteiger partial charge in [0.15, 0.2) is 0 Å². The Hall–Kier alpha value is -3.39. The summed E-state index contributed by atoms with van der Waals surface area (Å²) in [7, 11) is 0. The molecule has 0 radical (unpaired) electrons. The predicted octanol–water partition coefficient (Wildman–Crippen LogP) is 5.15. The number of fused-ring (bicyclic) bond motifs is 1. The maximum atomic E-state index is 13.0. The van der Waals surface area contributed by atoms with Crippen LogP contribution in [0.2, 0.25) is 5.15 Å². The monoisotopic (exact) mass is 430 g/mol. The molecule has 0 fully saturated rings. The lowest BCUT2D eigenvalue weighted by molar-refractivity contribution is -0.144. The first-order valence-corrected chi connectivity index (χ1v) is 9.23. The van der Waals surface area contributed by atoms with E-state index in [-0.39, 0.29) is 16.2 Å². The molecule has 0 aliphatic heterocycles. The Bertz CT molecular complexity index is 1210. The van der Waals surface area contributed by atoms with Gasteiger partial charge in [-0.2, -0.15) is 13.2 Å². The molecule has 2 aromatic carbocycles. The summed E-state index contributed by atoms with van der Waals surface area (Å²) < 4.78 is 38.9.